The molecular weight excluding hydrogens is 186 g/mol. The molecule has 0 radical (unpaired) electrons. The van der Waals surface area contributed by atoms with E-state index in [1.807, 2.05) is 6.92 Å². The summed E-state index contributed by atoms with van der Waals surface area (Å²) in [6.07, 6.45) is -0.162. The highest BCUT2D eigenvalue weighted by Crippen LogP contribution is 2.14. The Kier molecular flexibility index (Phi) is 7.04. The molecule has 0 saturated carbocycles. The van der Waals surface area contributed by atoms with Gasteiger partial charge in [0.25, 0.3) is 0 Å². The fourth-order valence-electron chi connectivity index (χ4n) is 0.970. The van der Waals surface area contributed by atoms with Gasteiger partial charge in [0.2, 0.25) is 0 Å². The van der Waals surface area contributed by atoms with E-state index in [1.165, 1.54) is 0 Å². The molecule has 0 aromatic carbocycles. The quantitative estimate of drug-likeness (QED) is 0.564. The van der Waals surface area contributed by atoms with Crippen molar-refractivity contribution in [1.82, 2.24) is 0 Å². The highest BCUT2D eigenvalue weighted by molar-refractivity contribution is 4.62. The van der Waals surface area contributed by atoms with Crippen molar-refractivity contribution >= 4 is 0 Å². The summed E-state index contributed by atoms with van der Waals surface area (Å²) < 4.78 is 15.2. The molecule has 14 heavy (non-hydrogen) atoms. The summed E-state index contributed by atoms with van der Waals surface area (Å²) in [4.78, 5) is 0. The van der Waals surface area contributed by atoms with Crippen LogP contribution in [0.2, 0.25) is 0 Å². The minimum atomic E-state index is -1.83. The molecule has 0 amide bonds. The molecule has 0 aromatic rings. The molecule has 0 aliphatic carbocycles. The van der Waals surface area contributed by atoms with E-state index < -0.39 is 12.2 Å². The lowest BCUT2D eigenvalue weighted by Gasteiger charge is -2.31. The lowest BCUT2D eigenvalue weighted by atomic mass is 10.4. The van der Waals surface area contributed by atoms with Crippen LogP contribution in [0.25, 0.3) is 0 Å². The van der Waals surface area contributed by atoms with E-state index in [2.05, 4.69) is 0 Å². The molecule has 5 nitrogen and oxygen atoms in total. The number of rotatable bonds is 8. The molecule has 3 N–H and O–H groups in total. The van der Waals surface area contributed by atoms with Crippen LogP contribution in [0.4, 0.5) is 0 Å². The van der Waals surface area contributed by atoms with E-state index in [1.54, 1.807) is 13.8 Å². The maximum Gasteiger partial charge on any atom is 0.322 e. The van der Waals surface area contributed by atoms with Gasteiger partial charge >= 0.3 is 5.97 Å². The molecule has 0 heterocycles. The fraction of sp³-hybridized carbons (Fsp3) is 1.00. The molecule has 0 aliphatic heterocycles. The van der Waals surface area contributed by atoms with Gasteiger partial charge in [0.15, 0.2) is 6.23 Å². The predicted octanol–water partition coefficient (Wildman–Crippen LogP) is 0.417. The van der Waals surface area contributed by atoms with Crippen molar-refractivity contribution in [2.75, 3.05) is 19.8 Å². The Balaban J connectivity index is 4.15. The molecule has 86 valence electrons. The molecular formula is C9H21NO4. The van der Waals surface area contributed by atoms with E-state index in [0.29, 0.717) is 19.8 Å². The zero-order valence-corrected chi connectivity index (χ0v) is 9.16. The van der Waals surface area contributed by atoms with E-state index in [0.717, 1.165) is 6.42 Å². The second kappa shape index (κ2) is 7.14. The van der Waals surface area contributed by atoms with Gasteiger partial charge < -0.3 is 19.3 Å². The first-order valence-electron chi connectivity index (χ1n) is 4.98. The van der Waals surface area contributed by atoms with Crippen molar-refractivity contribution in [3.63, 3.8) is 0 Å². The molecule has 0 saturated heterocycles. The van der Waals surface area contributed by atoms with Gasteiger partial charge in [0.05, 0.1) is 0 Å². The third-order valence-corrected chi connectivity index (χ3v) is 1.56. The fourth-order valence-corrected chi connectivity index (χ4v) is 0.970. The molecule has 1 unspecified atom stereocenters. The SMILES string of the molecule is CCCOC(N)C(O)(OCC)OCC. The van der Waals surface area contributed by atoms with Crippen molar-refractivity contribution in [3.05, 3.63) is 0 Å². The summed E-state index contributed by atoms with van der Waals surface area (Å²) in [6, 6.07) is 0. The van der Waals surface area contributed by atoms with Crippen molar-refractivity contribution in [2.45, 2.75) is 39.4 Å². The molecule has 0 aliphatic rings. The Hall–Kier alpha value is -0.200. The Labute approximate surface area is 85.1 Å². The molecule has 0 bridgehead atoms. The van der Waals surface area contributed by atoms with Crippen LogP contribution < -0.4 is 5.73 Å². The standard InChI is InChI=1S/C9H21NO4/c1-4-7-12-8(10)9(11,13-5-2)14-6-3/h8,11H,4-7,10H2,1-3H3. The molecule has 0 rings (SSSR count). The van der Waals surface area contributed by atoms with Crippen molar-refractivity contribution in [2.24, 2.45) is 5.73 Å². The van der Waals surface area contributed by atoms with Crippen LogP contribution in [-0.4, -0.2) is 37.1 Å². The highest BCUT2D eigenvalue weighted by Gasteiger charge is 2.37. The molecule has 0 fully saturated rings. The number of hydrogen-bond acceptors (Lipinski definition) is 5. The van der Waals surface area contributed by atoms with E-state index in [-0.39, 0.29) is 0 Å². The predicted molar refractivity (Wildman–Crippen MR) is 52.4 cm³/mol. The summed E-state index contributed by atoms with van der Waals surface area (Å²) in [7, 11) is 0. The minimum Gasteiger partial charge on any atom is -0.355 e. The third-order valence-electron chi connectivity index (χ3n) is 1.56. The molecule has 0 spiro atoms. The molecule has 5 heteroatoms. The van der Waals surface area contributed by atoms with Crippen LogP contribution in [0.3, 0.4) is 0 Å². The number of nitrogens with two attached hydrogens (primary N) is 1. The van der Waals surface area contributed by atoms with Crippen molar-refractivity contribution in [3.8, 4) is 0 Å². The summed E-state index contributed by atoms with van der Waals surface area (Å²) >= 11 is 0. The monoisotopic (exact) mass is 207 g/mol. The average Bonchev–Trinajstić information content (AvgIpc) is 2.15. The summed E-state index contributed by atoms with van der Waals surface area (Å²) in [6.45, 7) is 6.52. The lowest BCUT2D eigenvalue weighted by molar-refractivity contribution is -0.397. The Bertz CT molecular complexity index is 137. The number of ether oxygens (including phenoxy) is 3. The average molecular weight is 207 g/mol. The Morgan fingerprint density at radius 2 is 1.71 bits per heavy atom. The third kappa shape index (κ3) is 4.34. The van der Waals surface area contributed by atoms with Crippen LogP contribution in [0.15, 0.2) is 0 Å². The molecule has 1 atom stereocenters. The number of aliphatic hydroxyl groups is 1. The second-order valence-corrected chi connectivity index (χ2v) is 2.79. The Morgan fingerprint density at radius 3 is 2.07 bits per heavy atom. The van der Waals surface area contributed by atoms with E-state index >= 15 is 0 Å². The zero-order chi connectivity index (χ0) is 11.0. The smallest absolute Gasteiger partial charge is 0.322 e. The zero-order valence-electron chi connectivity index (χ0n) is 9.16. The van der Waals surface area contributed by atoms with Crippen LogP contribution in [0.1, 0.15) is 27.2 Å². The van der Waals surface area contributed by atoms with Crippen LogP contribution >= 0.6 is 0 Å². The molecule has 0 aromatic heterocycles. The number of hydrogen-bond donors (Lipinski definition) is 2. The van der Waals surface area contributed by atoms with Gasteiger partial charge in [0.1, 0.15) is 0 Å². The van der Waals surface area contributed by atoms with Crippen molar-refractivity contribution in [1.29, 1.82) is 0 Å². The topological polar surface area (TPSA) is 73.9 Å². The maximum absolute atomic E-state index is 9.81. The van der Waals surface area contributed by atoms with Gasteiger partial charge in [-0.3, -0.25) is 5.73 Å². The van der Waals surface area contributed by atoms with Gasteiger partial charge in [-0.25, -0.2) is 0 Å². The highest BCUT2D eigenvalue weighted by atomic mass is 16.8. The summed E-state index contributed by atoms with van der Waals surface area (Å²) in [5.41, 5.74) is 5.59. The first-order valence-corrected chi connectivity index (χ1v) is 4.98. The van der Waals surface area contributed by atoms with Gasteiger partial charge in [-0.15, -0.1) is 0 Å². The van der Waals surface area contributed by atoms with Crippen LogP contribution in [-0.2, 0) is 14.2 Å². The summed E-state index contributed by atoms with van der Waals surface area (Å²) in [5.74, 6) is -1.83. The van der Waals surface area contributed by atoms with Gasteiger partial charge in [-0.2, -0.15) is 0 Å². The summed E-state index contributed by atoms with van der Waals surface area (Å²) in [5, 5.41) is 9.81. The first kappa shape index (κ1) is 13.8. The van der Waals surface area contributed by atoms with Crippen molar-refractivity contribution < 1.29 is 19.3 Å². The van der Waals surface area contributed by atoms with Gasteiger partial charge in [-0.05, 0) is 20.3 Å². The van der Waals surface area contributed by atoms with Gasteiger partial charge in [0, 0.05) is 19.8 Å². The van der Waals surface area contributed by atoms with E-state index in [9.17, 15) is 5.11 Å². The minimum absolute atomic E-state index is 0.305. The Morgan fingerprint density at radius 1 is 1.21 bits per heavy atom. The first-order chi connectivity index (χ1) is 6.60. The van der Waals surface area contributed by atoms with Crippen LogP contribution in [0.5, 0.6) is 0 Å². The van der Waals surface area contributed by atoms with E-state index in [4.69, 9.17) is 19.9 Å². The maximum atomic E-state index is 9.81. The lowest BCUT2D eigenvalue weighted by Crippen LogP contribution is -2.53. The van der Waals surface area contributed by atoms with Crippen LogP contribution in [0, 0.1) is 0 Å². The van der Waals surface area contributed by atoms with Gasteiger partial charge in [-0.1, -0.05) is 6.92 Å². The second-order valence-electron chi connectivity index (χ2n) is 2.79. The normalized spacial score (nSPS) is 14.4. The largest absolute Gasteiger partial charge is 0.355 e.